The van der Waals surface area contributed by atoms with E-state index in [1.807, 2.05) is 0 Å². The second kappa shape index (κ2) is 12.4. The molecule has 0 spiro atoms. The van der Waals surface area contributed by atoms with Gasteiger partial charge in [0.05, 0.1) is 26.7 Å². The number of anilines is 1. The summed E-state index contributed by atoms with van der Waals surface area (Å²) >= 11 is 5.48. The normalized spacial score (nSPS) is 11.9. The van der Waals surface area contributed by atoms with Crippen LogP contribution in [0.25, 0.3) is 11.1 Å². The van der Waals surface area contributed by atoms with E-state index in [4.69, 9.17) is 4.74 Å². The summed E-state index contributed by atoms with van der Waals surface area (Å²) in [5.41, 5.74) is 0.158. The quantitative estimate of drug-likeness (QED) is 0.0875. The predicted octanol–water partition coefficient (Wildman–Crippen LogP) is 5.18. The van der Waals surface area contributed by atoms with Gasteiger partial charge in [0, 0.05) is 22.6 Å². The Labute approximate surface area is 245 Å². The number of carbonyl (C=O) groups is 2. The first kappa shape index (κ1) is 31.7. The number of nitro groups is 1. The first-order valence-electron chi connectivity index (χ1n) is 11.9. The lowest BCUT2D eigenvalue weighted by Gasteiger charge is -2.18. The fourth-order valence-electron chi connectivity index (χ4n) is 3.84. The van der Waals surface area contributed by atoms with Crippen molar-refractivity contribution in [2.75, 3.05) is 11.9 Å². The summed E-state index contributed by atoms with van der Waals surface area (Å²) in [5, 5.41) is 25.6. The smallest absolute Gasteiger partial charge is 0.412 e. The van der Waals surface area contributed by atoms with Crippen LogP contribution < -0.4 is 10.6 Å². The molecule has 0 atom stereocenters. The van der Waals surface area contributed by atoms with E-state index in [1.165, 1.54) is 24.3 Å². The minimum atomic E-state index is -4.14. The minimum absolute atomic E-state index is 0.0426. The van der Waals surface area contributed by atoms with Gasteiger partial charge in [-0.2, -0.15) is 0 Å². The molecule has 3 rings (SSSR count). The molecule has 0 aliphatic carbocycles. The maximum absolute atomic E-state index is 13.8. The van der Waals surface area contributed by atoms with Crippen molar-refractivity contribution < 1.29 is 32.8 Å². The Morgan fingerprint density at radius 3 is 2.51 bits per heavy atom. The van der Waals surface area contributed by atoms with Gasteiger partial charge in [0.1, 0.15) is 22.1 Å². The fraction of sp³-hybridized carbons (Fsp3) is 0.269. The number of hydrogen-bond acceptors (Lipinski definition) is 11. The number of nitro benzene ring substituents is 1. The monoisotopic (exact) mass is 620 g/mol. The van der Waals surface area contributed by atoms with Gasteiger partial charge in [-0.05, 0) is 57.9 Å². The number of nitrogens with one attached hydrogen (secondary N) is 2. The molecule has 1 heterocycles. The standard InChI is InChI=1S/C26H28N4O8S3/c1-14-9-17(30(34)35)11-19(29-20(32)12-31)21(14)16-7-6-8-18(10-16)41(36,37)23-15(2)40-24(22(23)39)27-13-28-25(33)38-26(3,4)5/h6-11,13,31,39H,12H2,1-5H3,(H,29,32)(H,27,28,33). The predicted molar refractivity (Wildman–Crippen MR) is 158 cm³/mol. The summed E-state index contributed by atoms with van der Waals surface area (Å²) in [6.07, 6.45) is 0.367. The molecule has 0 saturated carbocycles. The number of aryl methyl sites for hydroxylation is 2. The van der Waals surface area contributed by atoms with Crippen LogP contribution in [0.2, 0.25) is 0 Å². The van der Waals surface area contributed by atoms with E-state index < -0.39 is 39.0 Å². The van der Waals surface area contributed by atoms with Crippen molar-refractivity contribution in [1.29, 1.82) is 0 Å². The molecule has 0 aliphatic rings. The van der Waals surface area contributed by atoms with Crippen LogP contribution >= 0.6 is 24.0 Å². The minimum Gasteiger partial charge on any atom is -0.444 e. The van der Waals surface area contributed by atoms with Crippen LogP contribution in [-0.4, -0.2) is 49.0 Å². The van der Waals surface area contributed by atoms with Crippen molar-refractivity contribution in [2.24, 2.45) is 4.99 Å². The van der Waals surface area contributed by atoms with E-state index in [0.29, 0.717) is 21.6 Å². The third-order valence-electron chi connectivity index (χ3n) is 5.40. The molecule has 3 aromatic rings. The van der Waals surface area contributed by atoms with Crippen LogP contribution in [0.5, 0.6) is 0 Å². The number of alkyl carbamates (subject to hydrolysis) is 1. The summed E-state index contributed by atoms with van der Waals surface area (Å²) in [5.74, 6) is -0.794. The number of aliphatic hydroxyl groups is 1. The molecule has 3 N–H and O–H groups in total. The SMILES string of the molecule is Cc1cc([N+](=O)[O-])cc(NC(=O)CO)c1-c1cccc(S(=O)(=O)c2c(C)sc(N=CNC(=O)OC(C)(C)C)c2S)c1. The van der Waals surface area contributed by atoms with Crippen molar-refractivity contribution in [3.8, 4) is 11.1 Å². The highest BCUT2D eigenvalue weighted by Gasteiger charge is 2.28. The van der Waals surface area contributed by atoms with Crippen molar-refractivity contribution in [3.63, 3.8) is 0 Å². The zero-order valence-corrected chi connectivity index (χ0v) is 25.2. The van der Waals surface area contributed by atoms with E-state index >= 15 is 0 Å². The molecule has 1 aromatic heterocycles. The van der Waals surface area contributed by atoms with Crippen LogP contribution in [-0.2, 0) is 19.4 Å². The zero-order chi connectivity index (χ0) is 30.7. The van der Waals surface area contributed by atoms with E-state index in [2.05, 4.69) is 28.3 Å². The number of nitrogens with zero attached hydrogens (tertiary/aromatic N) is 2. The molecule has 0 aliphatic heterocycles. The van der Waals surface area contributed by atoms with Gasteiger partial charge in [0.2, 0.25) is 15.7 Å². The van der Waals surface area contributed by atoms with Gasteiger partial charge in [-0.1, -0.05) is 12.1 Å². The highest BCUT2D eigenvalue weighted by atomic mass is 32.2. The Balaban J connectivity index is 2.03. The first-order chi connectivity index (χ1) is 19.0. The van der Waals surface area contributed by atoms with E-state index in [1.54, 1.807) is 40.7 Å². The topological polar surface area (TPSA) is 177 Å². The van der Waals surface area contributed by atoms with Crippen LogP contribution in [0.1, 0.15) is 31.2 Å². The first-order valence-corrected chi connectivity index (χ1v) is 14.7. The largest absolute Gasteiger partial charge is 0.444 e. The number of aliphatic hydroxyl groups excluding tert-OH is 1. The Kier molecular flexibility index (Phi) is 9.58. The molecule has 0 bridgehead atoms. The van der Waals surface area contributed by atoms with Crippen molar-refractivity contribution in [1.82, 2.24) is 5.32 Å². The van der Waals surface area contributed by atoms with E-state index in [-0.39, 0.29) is 31.1 Å². The van der Waals surface area contributed by atoms with Crippen LogP contribution in [0.15, 0.2) is 56.1 Å². The summed E-state index contributed by atoms with van der Waals surface area (Å²) < 4.78 is 32.7. The number of sulfone groups is 1. The second-order valence-electron chi connectivity index (χ2n) is 9.73. The molecular weight excluding hydrogens is 593 g/mol. The number of amides is 2. The maximum Gasteiger partial charge on any atom is 0.412 e. The zero-order valence-electron chi connectivity index (χ0n) is 22.7. The summed E-state index contributed by atoms with van der Waals surface area (Å²) in [6.45, 7) is 7.46. The maximum atomic E-state index is 13.8. The Morgan fingerprint density at radius 2 is 1.90 bits per heavy atom. The molecule has 2 amide bonds. The Hall–Kier alpha value is -3.79. The molecule has 15 heteroatoms. The molecule has 41 heavy (non-hydrogen) atoms. The van der Waals surface area contributed by atoms with Crippen molar-refractivity contribution in [3.05, 3.63) is 57.0 Å². The number of rotatable bonds is 8. The summed E-state index contributed by atoms with van der Waals surface area (Å²) in [4.78, 5) is 39.1. The molecule has 0 unspecified atom stereocenters. The number of thiophene rings is 1. The number of hydrogen-bond donors (Lipinski definition) is 4. The lowest BCUT2D eigenvalue weighted by atomic mass is 9.97. The van der Waals surface area contributed by atoms with Gasteiger partial charge >= 0.3 is 6.09 Å². The number of aliphatic imine (C=N–C) groups is 1. The number of carbonyl (C=O) groups excluding carboxylic acids is 2. The third kappa shape index (κ3) is 7.49. The van der Waals surface area contributed by atoms with Gasteiger partial charge in [-0.3, -0.25) is 20.2 Å². The van der Waals surface area contributed by atoms with Gasteiger partial charge < -0.3 is 15.2 Å². The molecule has 0 radical (unpaired) electrons. The second-order valence-corrected chi connectivity index (χ2v) is 13.3. The lowest BCUT2D eigenvalue weighted by Crippen LogP contribution is -2.31. The van der Waals surface area contributed by atoms with E-state index in [9.17, 15) is 33.2 Å². The average Bonchev–Trinajstić information content (AvgIpc) is 3.15. The van der Waals surface area contributed by atoms with Crippen molar-refractivity contribution in [2.45, 2.75) is 54.9 Å². The Bertz CT molecular complexity index is 1660. The van der Waals surface area contributed by atoms with E-state index in [0.717, 1.165) is 23.7 Å². The van der Waals surface area contributed by atoms with Gasteiger partial charge in [-0.25, -0.2) is 18.2 Å². The number of ether oxygens (including phenoxy) is 1. The van der Waals surface area contributed by atoms with Gasteiger partial charge in [0.15, 0.2) is 0 Å². The average molecular weight is 621 g/mol. The van der Waals surface area contributed by atoms with Crippen molar-refractivity contribution >= 4 is 68.5 Å². The molecule has 0 saturated heterocycles. The molecule has 0 fully saturated rings. The van der Waals surface area contributed by atoms with Crippen LogP contribution in [0.3, 0.4) is 0 Å². The highest BCUT2D eigenvalue weighted by Crippen LogP contribution is 2.43. The third-order valence-corrected chi connectivity index (χ3v) is 9.20. The van der Waals surface area contributed by atoms with Gasteiger partial charge in [0.25, 0.3) is 5.69 Å². The summed E-state index contributed by atoms with van der Waals surface area (Å²) in [7, 11) is -4.14. The molecule has 2 aromatic carbocycles. The fourth-order valence-corrected chi connectivity index (χ4v) is 7.45. The Morgan fingerprint density at radius 1 is 1.22 bits per heavy atom. The van der Waals surface area contributed by atoms with Crippen LogP contribution in [0, 0.1) is 24.0 Å². The number of benzene rings is 2. The lowest BCUT2D eigenvalue weighted by molar-refractivity contribution is -0.384. The van der Waals surface area contributed by atoms with Crippen LogP contribution in [0.4, 0.5) is 21.2 Å². The highest BCUT2D eigenvalue weighted by molar-refractivity contribution is 7.92. The molecule has 12 nitrogen and oxygen atoms in total. The number of thiol groups is 1. The molecule has 218 valence electrons. The number of non-ortho nitro benzene ring substituents is 1. The molecular formula is C26H28N4O8S3. The van der Waals surface area contributed by atoms with Gasteiger partial charge in [-0.15, -0.1) is 24.0 Å². The summed E-state index contributed by atoms with van der Waals surface area (Å²) in [6, 6.07) is 8.32.